The second-order valence-corrected chi connectivity index (χ2v) is 4.58. The van der Waals surface area contributed by atoms with Crippen LogP contribution in [0.25, 0.3) is 0 Å². The number of benzene rings is 1. The van der Waals surface area contributed by atoms with Gasteiger partial charge in [0.15, 0.2) is 11.5 Å². The van der Waals surface area contributed by atoms with E-state index >= 15 is 0 Å². The van der Waals surface area contributed by atoms with E-state index in [0.29, 0.717) is 18.4 Å². The van der Waals surface area contributed by atoms with Crippen molar-refractivity contribution in [3.05, 3.63) is 23.8 Å². The number of nitrogens with zero attached hydrogens (tertiary/aromatic N) is 1. The molecule has 4 heteroatoms. The highest BCUT2D eigenvalue weighted by molar-refractivity contribution is 5.47. The van der Waals surface area contributed by atoms with Gasteiger partial charge >= 0.3 is 0 Å². The average molecular weight is 235 g/mol. The number of hydrogen-bond acceptors (Lipinski definition) is 4. The van der Waals surface area contributed by atoms with Crippen LogP contribution in [0.2, 0.25) is 0 Å². The maximum absolute atomic E-state index is 9.69. The van der Waals surface area contributed by atoms with Gasteiger partial charge in [-0.15, -0.1) is 0 Å². The number of hydrogen-bond donors (Lipinski definition) is 1. The van der Waals surface area contributed by atoms with Crippen molar-refractivity contribution in [1.82, 2.24) is 4.90 Å². The Morgan fingerprint density at radius 1 is 1.24 bits per heavy atom. The molecule has 17 heavy (non-hydrogen) atoms. The van der Waals surface area contributed by atoms with Gasteiger partial charge in [0.05, 0.1) is 13.2 Å². The maximum Gasteiger partial charge on any atom is 0.164 e. The second kappa shape index (κ2) is 4.55. The fourth-order valence-corrected chi connectivity index (χ4v) is 2.57. The quantitative estimate of drug-likeness (QED) is 0.789. The fraction of sp³-hybridized carbons (Fsp3) is 0.538. The van der Waals surface area contributed by atoms with Crippen LogP contribution in [0.5, 0.6) is 11.5 Å². The molecule has 1 aromatic rings. The van der Waals surface area contributed by atoms with E-state index in [1.54, 1.807) is 6.07 Å². The molecule has 92 valence electrons. The molecule has 3 rings (SSSR count). The van der Waals surface area contributed by atoms with Crippen molar-refractivity contribution in [3.8, 4) is 11.5 Å². The Morgan fingerprint density at radius 3 is 2.88 bits per heavy atom. The normalized spacial score (nSPS) is 25.1. The fourth-order valence-electron chi connectivity index (χ4n) is 2.57. The number of phenolic OH excluding ortho intramolecular Hbond substituents is 1. The standard InChI is InChI=1S/C13H17NO3/c15-12-3-1-2-10-8-11(9-17-13(10)12)14-4-6-16-7-5-14/h1-3,11,15H,4-9H2. The van der Waals surface area contributed by atoms with Crippen LogP contribution in [0.15, 0.2) is 18.2 Å². The molecule has 0 amide bonds. The molecular weight excluding hydrogens is 218 g/mol. The minimum Gasteiger partial charge on any atom is -0.504 e. The molecule has 2 heterocycles. The predicted octanol–water partition coefficient (Wildman–Crippen LogP) is 1.03. The van der Waals surface area contributed by atoms with Crippen molar-refractivity contribution in [2.45, 2.75) is 12.5 Å². The topological polar surface area (TPSA) is 41.9 Å². The summed E-state index contributed by atoms with van der Waals surface area (Å²) in [5.41, 5.74) is 1.10. The molecule has 1 unspecified atom stereocenters. The molecule has 4 nitrogen and oxygen atoms in total. The lowest BCUT2D eigenvalue weighted by molar-refractivity contribution is 0.00214. The zero-order valence-electron chi connectivity index (χ0n) is 9.76. The number of aromatic hydroxyl groups is 1. The Kier molecular flexibility index (Phi) is 2.91. The molecule has 1 atom stereocenters. The number of morpholine rings is 1. The molecule has 2 aliphatic rings. The zero-order valence-corrected chi connectivity index (χ0v) is 9.76. The molecule has 0 aliphatic carbocycles. The Hall–Kier alpha value is -1.26. The molecule has 0 aromatic heterocycles. The van der Waals surface area contributed by atoms with Crippen LogP contribution in [0.1, 0.15) is 5.56 Å². The first-order valence-corrected chi connectivity index (χ1v) is 6.10. The summed E-state index contributed by atoms with van der Waals surface area (Å²) >= 11 is 0. The molecule has 1 N–H and O–H groups in total. The number of ether oxygens (including phenoxy) is 2. The third-order valence-electron chi connectivity index (χ3n) is 3.51. The molecule has 0 radical (unpaired) electrons. The summed E-state index contributed by atoms with van der Waals surface area (Å²) in [6.45, 7) is 4.22. The molecule has 1 saturated heterocycles. The van der Waals surface area contributed by atoms with Crippen LogP contribution in [-0.2, 0) is 11.2 Å². The van der Waals surface area contributed by atoms with Gasteiger partial charge in [0.1, 0.15) is 6.61 Å². The van der Waals surface area contributed by atoms with E-state index in [1.165, 1.54) is 0 Å². The highest BCUT2D eigenvalue weighted by atomic mass is 16.5. The van der Waals surface area contributed by atoms with Gasteiger partial charge in [-0.1, -0.05) is 12.1 Å². The Morgan fingerprint density at radius 2 is 2.06 bits per heavy atom. The first-order valence-electron chi connectivity index (χ1n) is 6.10. The molecular formula is C13H17NO3. The lowest BCUT2D eigenvalue weighted by Crippen LogP contribution is -2.48. The Labute approximate surface area is 101 Å². The van der Waals surface area contributed by atoms with E-state index in [4.69, 9.17) is 9.47 Å². The van der Waals surface area contributed by atoms with Gasteiger partial charge < -0.3 is 14.6 Å². The van der Waals surface area contributed by atoms with Crippen LogP contribution in [0, 0.1) is 0 Å². The number of fused-ring (bicyclic) bond motifs is 1. The highest BCUT2D eigenvalue weighted by Crippen LogP contribution is 2.34. The summed E-state index contributed by atoms with van der Waals surface area (Å²) in [6.07, 6.45) is 0.948. The molecule has 1 aromatic carbocycles. The van der Waals surface area contributed by atoms with Crippen molar-refractivity contribution in [2.24, 2.45) is 0 Å². The van der Waals surface area contributed by atoms with Crippen molar-refractivity contribution < 1.29 is 14.6 Å². The summed E-state index contributed by atoms with van der Waals surface area (Å²) < 4.78 is 11.0. The van der Waals surface area contributed by atoms with Gasteiger partial charge in [-0.05, 0) is 18.1 Å². The minimum absolute atomic E-state index is 0.253. The smallest absolute Gasteiger partial charge is 0.164 e. The van der Waals surface area contributed by atoms with Gasteiger partial charge in [-0.25, -0.2) is 0 Å². The molecule has 2 aliphatic heterocycles. The van der Waals surface area contributed by atoms with E-state index < -0.39 is 0 Å². The van der Waals surface area contributed by atoms with Gasteiger partial charge in [0.2, 0.25) is 0 Å². The predicted molar refractivity (Wildman–Crippen MR) is 63.5 cm³/mol. The summed E-state index contributed by atoms with van der Waals surface area (Å²) in [6, 6.07) is 5.99. The third-order valence-corrected chi connectivity index (χ3v) is 3.51. The van der Waals surface area contributed by atoms with E-state index in [9.17, 15) is 5.11 Å². The largest absolute Gasteiger partial charge is 0.504 e. The van der Waals surface area contributed by atoms with Crippen molar-refractivity contribution in [1.29, 1.82) is 0 Å². The van der Waals surface area contributed by atoms with Gasteiger partial charge in [-0.2, -0.15) is 0 Å². The third kappa shape index (κ3) is 2.10. The number of rotatable bonds is 1. The number of phenols is 1. The van der Waals surface area contributed by atoms with Gasteiger partial charge in [-0.3, -0.25) is 4.90 Å². The zero-order chi connectivity index (χ0) is 11.7. The van der Waals surface area contributed by atoms with Crippen molar-refractivity contribution in [2.75, 3.05) is 32.9 Å². The monoisotopic (exact) mass is 235 g/mol. The van der Waals surface area contributed by atoms with Crippen LogP contribution >= 0.6 is 0 Å². The molecule has 1 fully saturated rings. The minimum atomic E-state index is 0.253. The van der Waals surface area contributed by atoms with Crippen molar-refractivity contribution in [3.63, 3.8) is 0 Å². The number of para-hydroxylation sites is 1. The summed E-state index contributed by atoms with van der Waals surface area (Å²) in [5, 5.41) is 9.69. The Balaban J connectivity index is 1.76. The van der Waals surface area contributed by atoms with E-state index in [2.05, 4.69) is 4.90 Å². The highest BCUT2D eigenvalue weighted by Gasteiger charge is 2.27. The van der Waals surface area contributed by atoms with Gasteiger partial charge in [0, 0.05) is 19.1 Å². The Bertz CT molecular complexity index is 402. The molecule has 0 saturated carbocycles. The van der Waals surface area contributed by atoms with E-state index in [0.717, 1.165) is 38.3 Å². The van der Waals surface area contributed by atoms with E-state index in [1.807, 2.05) is 12.1 Å². The molecule has 0 spiro atoms. The maximum atomic E-state index is 9.69. The second-order valence-electron chi connectivity index (χ2n) is 4.58. The van der Waals surface area contributed by atoms with Crippen LogP contribution in [0.4, 0.5) is 0 Å². The summed E-state index contributed by atoms with van der Waals surface area (Å²) in [5.74, 6) is 0.917. The van der Waals surface area contributed by atoms with Crippen molar-refractivity contribution >= 4 is 0 Å². The van der Waals surface area contributed by atoms with Gasteiger partial charge in [0.25, 0.3) is 0 Å². The lowest BCUT2D eigenvalue weighted by atomic mass is 10.0. The SMILES string of the molecule is Oc1cccc2c1OCC(N1CCOCC1)C2. The first kappa shape index (κ1) is 10.9. The summed E-state index contributed by atoms with van der Waals surface area (Å²) in [7, 11) is 0. The van der Waals surface area contributed by atoms with Crippen LogP contribution in [0.3, 0.4) is 0 Å². The first-order chi connectivity index (χ1) is 8.34. The van der Waals surface area contributed by atoms with E-state index in [-0.39, 0.29) is 5.75 Å². The van der Waals surface area contributed by atoms with Crippen LogP contribution in [-0.4, -0.2) is 49.0 Å². The van der Waals surface area contributed by atoms with Crippen LogP contribution < -0.4 is 4.74 Å². The summed E-state index contributed by atoms with van der Waals surface area (Å²) in [4.78, 5) is 2.41. The average Bonchev–Trinajstić information content (AvgIpc) is 2.40. The molecule has 0 bridgehead atoms. The lowest BCUT2D eigenvalue weighted by Gasteiger charge is -2.37.